The van der Waals surface area contributed by atoms with Gasteiger partial charge in [-0.3, -0.25) is 9.48 Å². The van der Waals surface area contributed by atoms with Gasteiger partial charge in [-0.25, -0.2) is 14.5 Å². The molecule has 2 aromatic carbocycles. The fourth-order valence-corrected chi connectivity index (χ4v) is 4.58. The van der Waals surface area contributed by atoms with Crippen LogP contribution >= 0.6 is 0 Å². The third-order valence-electron chi connectivity index (χ3n) is 6.41. The Labute approximate surface area is 224 Å². The number of pyridine rings is 1. The van der Waals surface area contributed by atoms with Crippen molar-refractivity contribution in [1.29, 1.82) is 0 Å². The van der Waals surface area contributed by atoms with Gasteiger partial charge in [0.25, 0.3) is 5.91 Å². The third-order valence-corrected chi connectivity index (χ3v) is 6.41. The highest BCUT2D eigenvalue weighted by atomic mass is 16.2. The number of aromatic nitrogens is 6. The van der Waals surface area contributed by atoms with Gasteiger partial charge in [0.2, 0.25) is 0 Å². The molecule has 0 radical (unpaired) electrons. The molecule has 0 aliphatic rings. The summed E-state index contributed by atoms with van der Waals surface area (Å²) < 4.78 is 3.16. The quantitative estimate of drug-likeness (QED) is 0.343. The van der Waals surface area contributed by atoms with Crippen molar-refractivity contribution in [3.05, 3.63) is 108 Å². The van der Waals surface area contributed by atoms with Crippen LogP contribution in [0, 0.1) is 11.8 Å². The second-order valence-corrected chi connectivity index (χ2v) is 9.15. The molecule has 6 aromatic rings. The van der Waals surface area contributed by atoms with Crippen LogP contribution in [0.5, 0.6) is 0 Å². The Bertz CT molecular complexity index is 1910. The summed E-state index contributed by atoms with van der Waals surface area (Å²) in [4.78, 5) is 22.6. The molecule has 0 spiro atoms. The summed E-state index contributed by atoms with van der Waals surface area (Å²) in [5, 5.41) is 12.4. The monoisotopic (exact) mass is 512 g/mol. The number of nitrogens with zero attached hydrogens (tertiary/aromatic N) is 6. The zero-order chi connectivity index (χ0) is 26.9. The van der Waals surface area contributed by atoms with Crippen LogP contribution in [-0.2, 0) is 7.05 Å². The second kappa shape index (κ2) is 9.76. The van der Waals surface area contributed by atoms with E-state index < -0.39 is 6.04 Å². The maximum Gasteiger partial charge on any atom is 0.274 e. The molecule has 6 rings (SSSR count). The molecule has 4 aromatic heterocycles. The molecule has 0 fully saturated rings. The maximum absolute atomic E-state index is 13.4. The predicted octanol–water partition coefficient (Wildman–Crippen LogP) is 4.15. The lowest BCUT2D eigenvalue weighted by molar-refractivity contribution is 0.0933. The summed E-state index contributed by atoms with van der Waals surface area (Å²) in [6.07, 6.45) is 5.20. The van der Waals surface area contributed by atoms with E-state index >= 15 is 0 Å². The van der Waals surface area contributed by atoms with Gasteiger partial charge in [0.05, 0.1) is 29.0 Å². The smallest absolute Gasteiger partial charge is 0.274 e. The molecule has 0 bridgehead atoms. The van der Waals surface area contributed by atoms with Crippen LogP contribution < -0.4 is 11.1 Å². The number of amides is 1. The normalized spacial score (nSPS) is 11.7. The van der Waals surface area contributed by atoms with Crippen LogP contribution in [0.3, 0.4) is 0 Å². The van der Waals surface area contributed by atoms with Crippen LogP contribution in [0.15, 0.2) is 85.3 Å². The number of carbonyl (C=O) groups is 1. The molecule has 9 nitrogen and oxygen atoms in total. The van der Waals surface area contributed by atoms with E-state index in [1.807, 2.05) is 68.7 Å². The lowest BCUT2D eigenvalue weighted by Gasteiger charge is -2.19. The number of nitrogens with two attached hydrogens (primary N) is 1. The average Bonchev–Trinajstić information content (AvgIpc) is 3.52. The second-order valence-electron chi connectivity index (χ2n) is 9.15. The summed E-state index contributed by atoms with van der Waals surface area (Å²) >= 11 is 0. The first kappa shape index (κ1) is 23.9. The van der Waals surface area contributed by atoms with E-state index in [2.05, 4.69) is 38.4 Å². The highest BCUT2D eigenvalue weighted by molar-refractivity contribution is 5.98. The molecule has 0 saturated carbocycles. The molecule has 1 atom stereocenters. The summed E-state index contributed by atoms with van der Waals surface area (Å²) in [6.45, 7) is 1.90. The van der Waals surface area contributed by atoms with Gasteiger partial charge >= 0.3 is 0 Å². The van der Waals surface area contributed by atoms with Gasteiger partial charge in [0.15, 0.2) is 17.2 Å². The number of nitrogens with one attached hydrogen (secondary N) is 1. The number of carbonyl (C=O) groups excluding carboxylic acids is 1. The number of hydrogen-bond donors (Lipinski definition) is 2. The molecular weight excluding hydrogens is 488 g/mol. The third kappa shape index (κ3) is 4.55. The molecule has 190 valence electrons. The van der Waals surface area contributed by atoms with Gasteiger partial charge in [0, 0.05) is 36.0 Å². The van der Waals surface area contributed by atoms with Gasteiger partial charge in [-0.15, -0.1) is 0 Å². The van der Waals surface area contributed by atoms with Crippen molar-refractivity contribution < 1.29 is 4.79 Å². The number of anilines is 1. The number of imidazole rings is 1. The van der Waals surface area contributed by atoms with Crippen LogP contribution in [0.4, 0.5) is 5.82 Å². The average molecular weight is 513 g/mol. The fraction of sp³-hybridized carbons (Fsp3) is 0.100. The number of hydrogen-bond acceptors (Lipinski definition) is 6. The van der Waals surface area contributed by atoms with Gasteiger partial charge < -0.3 is 11.1 Å². The summed E-state index contributed by atoms with van der Waals surface area (Å²) in [7, 11) is 1.86. The van der Waals surface area contributed by atoms with E-state index in [0.29, 0.717) is 5.65 Å². The molecule has 0 aliphatic heterocycles. The van der Waals surface area contributed by atoms with E-state index in [-0.39, 0.29) is 17.4 Å². The van der Waals surface area contributed by atoms with Crippen LogP contribution in [0.25, 0.3) is 27.7 Å². The standard InChI is InChI=1S/C30H24N8O/c1-19(34-30(39)28-29(31)36-26-12-7-15-32-38(26)28)27-24(21-8-4-3-5-9-21)16-23-22(10-6-11-25(23)35-27)14-13-20-17-33-37(2)18-20/h3-12,15-19H,31H2,1-2H3,(H,34,39)/t19-/m0/s1. The molecule has 1 amide bonds. The Morgan fingerprint density at radius 2 is 1.85 bits per heavy atom. The molecule has 9 heteroatoms. The molecule has 0 aliphatic carbocycles. The van der Waals surface area contributed by atoms with Crippen LogP contribution in [0.1, 0.15) is 40.3 Å². The number of aryl methyl sites for hydroxylation is 1. The van der Waals surface area contributed by atoms with Crippen molar-refractivity contribution >= 4 is 28.3 Å². The summed E-state index contributed by atoms with van der Waals surface area (Å²) in [5.41, 5.74) is 11.8. The zero-order valence-electron chi connectivity index (χ0n) is 21.3. The van der Waals surface area contributed by atoms with Gasteiger partial charge in [-0.2, -0.15) is 10.2 Å². The highest BCUT2D eigenvalue weighted by Gasteiger charge is 2.23. The first-order valence-corrected chi connectivity index (χ1v) is 12.4. The topological polar surface area (TPSA) is 116 Å². The Balaban J connectivity index is 1.43. The Morgan fingerprint density at radius 3 is 2.64 bits per heavy atom. The maximum atomic E-state index is 13.4. The lowest BCUT2D eigenvalue weighted by Crippen LogP contribution is -2.29. The van der Waals surface area contributed by atoms with Crippen LogP contribution in [0.2, 0.25) is 0 Å². The van der Waals surface area contributed by atoms with E-state index in [4.69, 9.17) is 10.7 Å². The van der Waals surface area contributed by atoms with E-state index in [1.54, 1.807) is 29.2 Å². The minimum Gasteiger partial charge on any atom is -0.382 e. The number of rotatable bonds is 4. The van der Waals surface area contributed by atoms with E-state index in [9.17, 15) is 4.79 Å². The van der Waals surface area contributed by atoms with Gasteiger partial charge in [-0.05, 0) is 42.8 Å². The molecule has 3 N–H and O–H groups in total. The van der Waals surface area contributed by atoms with Crippen molar-refractivity contribution in [3.8, 4) is 23.0 Å². The Hall–Kier alpha value is -5.49. The zero-order valence-corrected chi connectivity index (χ0v) is 21.3. The largest absolute Gasteiger partial charge is 0.382 e. The lowest BCUT2D eigenvalue weighted by atomic mass is 9.96. The Morgan fingerprint density at radius 1 is 1.00 bits per heavy atom. The Kier molecular flexibility index (Phi) is 5.98. The van der Waals surface area contributed by atoms with Gasteiger partial charge in [-0.1, -0.05) is 48.2 Å². The SMILES string of the molecule is C[C@H](NC(=O)c1c(N)nc2cccnn12)c1nc2cccc(C#Cc3cnn(C)c3)c2cc1-c1ccccc1. The molecule has 0 saturated heterocycles. The number of benzene rings is 2. The van der Waals surface area contributed by atoms with E-state index in [1.165, 1.54) is 4.52 Å². The van der Waals surface area contributed by atoms with Crippen molar-refractivity contribution in [2.75, 3.05) is 5.73 Å². The number of nitrogen functional groups attached to an aromatic ring is 1. The molecular formula is C30H24N8O. The fourth-order valence-electron chi connectivity index (χ4n) is 4.58. The van der Waals surface area contributed by atoms with Gasteiger partial charge in [0.1, 0.15) is 0 Å². The van der Waals surface area contributed by atoms with E-state index in [0.717, 1.165) is 38.9 Å². The highest BCUT2D eigenvalue weighted by Crippen LogP contribution is 2.32. The van der Waals surface area contributed by atoms with Crippen molar-refractivity contribution in [2.24, 2.45) is 7.05 Å². The van der Waals surface area contributed by atoms with Crippen molar-refractivity contribution in [2.45, 2.75) is 13.0 Å². The molecule has 0 unspecified atom stereocenters. The predicted molar refractivity (Wildman–Crippen MR) is 150 cm³/mol. The first-order valence-electron chi connectivity index (χ1n) is 12.4. The van der Waals surface area contributed by atoms with Crippen LogP contribution in [-0.4, -0.2) is 35.3 Å². The van der Waals surface area contributed by atoms with Crippen molar-refractivity contribution in [3.63, 3.8) is 0 Å². The molecule has 4 heterocycles. The summed E-state index contributed by atoms with van der Waals surface area (Å²) in [5.74, 6) is 6.19. The summed E-state index contributed by atoms with van der Waals surface area (Å²) in [6, 6.07) is 21.0. The molecule has 39 heavy (non-hydrogen) atoms. The number of fused-ring (bicyclic) bond motifs is 2. The minimum atomic E-state index is -0.448. The van der Waals surface area contributed by atoms with Crippen molar-refractivity contribution in [1.82, 2.24) is 34.7 Å². The first-order chi connectivity index (χ1) is 19.0. The minimum absolute atomic E-state index is 0.116.